The zero-order valence-electron chi connectivity index (χ0n) is 4.01. The molecule has 0 aromatic rings. The number of ether oxygens (including phenoxy) is 1. The summed E-state index contributed by atoms with van der Waals surface area (Å²) in [4.78, 5) is 0. The maximum atomic E-state index is 9.35. The first kappa shape index (κ1) is 4.59. The molecule has 0 aromatic heterocycles. The Hall–Kier alpha value is -0.570. The highest BCUT2D eigenvalue weighted by Crippen LogP contribution is 2.21. The van der Waals surface area contributed by atoms with Crippen LogP contribution in [0, 0.1) is 0 Å². The lowest BCUT2D eigenvalue weighted by atomic mass is 10.2. The van der Waals surface area contributed by atoms with Gasteiger partial charge in [0.1, 0.15) is 0 Å². The Morgan fingerprint density at radius 3 is 2.71 bits per heavy atom. The molecule has 0 aliphatic carbocycles. The molecule has 1 fully saturated rings. The Labute approximate surface area is 41.1 Å². The molecule has 7 heavy (non-hydrogen) atoms. The van der Waals surface area contributed by atoms with Crippen LogP contribution in [0.25, 0.3) is 0 Å². The van der Waals surface area contributed by atoms with Crippen LogP contribution < -0.4 is 5.26 Å². The average Bonchev–Trinajstić information content (AvgIpc) is 2.22. The van der Waals surface area contributed by atoms with Crippen molar-refractivity contribution in [3.63, 3.8) is 0 Å². The van der Waals surface area contributed by atoms with E-state index in [2.05, 4.69) is 4.58 Å². The van der Waals surface area contributed by atoms with Crippen molar-refractivity contribution >= 4 is 6.29 Å². The quantitative estimate of drug-likeness (QED) is 0.137. The van der Waals surface area contributed by atoms with Crippen LogP contribution >= 0.6 is 0 Å². The molecule has 1 aliphatic rings. The predicted molar refractivity (Wildman–Crippen MR) is 20.4 cm³/mol. The monoisotopic (exact) mass is 102 g/mol. The molecule has 40 valence electrons. The summed E-state index contributed by atoms with van der Waals surface area (Å²) >= 11 is 0. The van der Waals surface area contributed by atoms with Gasteiger partial charge in [0, 0.05) is 0 Å². The van der Waals surface area contributed by atoms with E-state index in [1.807, 2.05) is 0 Å². The fourth-order valence-corrected chi connectivity index (χ4v) is 0.284. The van der Waals surface area contributed by atoms with Gasteiger partial charge in [-0.25, -0.2) is 0 Å². The maximum absolute atomic E-state index is 9.35. The second-order valence-corrected chi connectivity index (χ2v) is 1.82. The summed E-state index contributed by atoms with van der Waals surface area (Å²) in [6.45, 7) is 2.39. The molecule has 1 aliphatic heterocycles. The molecule has 1 rings (SSSR count). The lowest BCUT2D eigenvalue weighted by molar-refractivity contribution is -1.04. The van der Waals surface area contributed by atoms with E-state index in [-0.39, 0.29) is 5.60 Å². The van der Waals surface area contributed by atoms with E-state index >= 15 is 0 Å². The minimum Gasteiger partial charge on any atom is -0.463 e. The first-order valence-electron chi connectivity index (χ1n) is 2.04. The van der Waals surface area contributed by atoms with E-state index in [0.717, 1.165) is 6.29 Å². The van der Waals surface area contributed by atoms with E-state index in [4.69, 9.17) is 4.74 Å². The summed E-state index contributed by atoms with van der Waals surface area (Å²) in [5, 5.41) is 9.35. The fourth-order valence-electron chi connectivity index (χ4n) is 0.284. The topological polar surface area (TPSA) is 46.9 Å². The first-order chi connectivity index (χ1) is 3.27. The van der Waals surface area contributed by atoms with Crippen molar-refractivity contribution in [1.29, 1.82) is 0 Å². The lowest BCUT2D eigenvalue weighted by Gasteiger charge is -1.79. The van der Waals surface area contributed by atoms with Crippen LogP contribution in [0.4, 0.5) is 0 Å². The summed E-state index contributed by atoms with van der Waals surface area (Å²) in [6, 6.07) is 0. The van der Waals surface area contributed by atoms with Crippen LogP contribution in [0.15, 0.2) is 0 Å². The van der Waals surface area contributed by atoms with Gasteiger partial charge in [0.05, 0.1) is 6.61 Å². The second kappa shape index (κ2) is 1.20. The van der Waals surface area contributed by atoms with Gasteiger partial charge in [-0.3, -0.25) is 0 Å². The maximum Gasteiger partial charge on any atom is 0.351 e. The van der Waals surface area contributed by atoms with Gasteiger partial charge < -0.3 is 9.99 Å². The van der Waals surface area contributed by atoms with E-state index in [1.165, 1.54) is 0 Å². The summed E-state index contributed by atoms with van der Waals surface area (Å²) in [7, 11) is 0. The van der Waals surface area contributed by atoms with Gasteiger partial charge in [-0.1, -0.05) is 0 Å². The highest BCUT2D eigenvalue weighted by molar-refractivity contribution is 5.65. The third-order valence-electron chi connectivity index (χ3n) is 0.897. The Kier molecular flexibility index (Phi) is 0.785. The molecule has 3 heteroatoms. The molecular formula is C4H6O3. The van der Waals surface area contributed by atoms with Crippen LogP contribution in [0.1, 0.15) is 6.92 Å². The minimum absolute atomic E-state index is 0.359. The third-order valence-corrected chi connectivity index (χ3v) is 0.897. The minimum atomic E-state index is -0.359. The molecule has 1 heterocycles. The molecule has 0 amide bonds. The number of hydrogen-bond donors (Lipinski definition) is 0. The third kappa shape index (κ3) is 0.899. The van der Waals surface area contributed by atoms with Crippen LogP contribution in [0.2, 0.25) is 0 Å². The van der Waals surface area contributed by atoms with Gasteiger partial charge in [0.2, 0.25) is 0 Å². The number of hydrogen-bond acceptors (Lipinski definition) is 2. The highest BCUT2D eigenvalue weighted by atomic mass is 17.1. The van der Waals surface area contributed by atoms with Crippen LogP contribution in [0.3, 0.4) is 0 Å². The Morgan fingerprint density at radius 1 is 2.00 bits per heavy atom. The van der Waals surface area contributed by atoms with Gasteiger partial charge in [-0.15, -0.1) is 0 Å². The molecule has 0 radical (unpaired) electrons. The molecular weight excluding hydrogens is 96.0 g/mol. The van der Waals surface area contributed by atoms with E-state index in [0.29, 0.717) is 6.61 Å². The molecule has 0 spiro atoms. The van der Waals surface area contributed by atoms with Gasteiger partial charge in [0.15, 0.2) is 5.60 Å². The fraction of sp³-hybridized carbons (Fsp3) is 0.750. The van der Waals surface area contributed by atoms with Crippen molar-refractivity contribution in [2.75, 3.05) is 6.61 Å². The van der Waals surface area contributed by atoms with Crippen molar-refractivity contribution in [2.45, 2.75) is 12.5 Å². The van der Waals surface area contributed by atoms with E-state index in [1.54, 1.807) is 6.92 Å². The zero-order chi connectivity index (χ0) is 5.33. The Bertz CT molecular complexity index is 93.1. The summed E-state index contributed by atoms with van der Waals surface area (Å²) in [5.41, 5.74) is -0.359. The van der Waals surface area contributed by atoms with Crippen LogP contribution in [-0.2, 0) is 9.31 Å². The molecule has 0 aromatic carbocycles. The Balaban J connectivity index is 2.40. The molecule has 0 N–H and O–H groups in total. The predicted octanol–water partition coefficient (Wildman–Crippen LogP) is -1.21. The van der Waals surface area contributed by atoms with Gasteiger partial charge in [-0.2, -0.15) is 4.58 Å². The molecule has 1 atom stereocenters. The van der Waals surface area contributed by atoms with Crippen molar-refractivity contribution < 1.29 is 14.6 Å². The average molecular weight is 102 g/mol. The first-order valence-corrected chi connectivity index (χ1v) is 2.04. The number of epoxide rings is 1. The number of rotatable bonds is 1. The molecule has 0 bridgehead atoms. The normalized spacial score (nSPS) is 39.6. The number of carbonyl (C=O) groups excluding carboxylic acids is 1. The van der Waals surface area contributed by atoms with Crippen LogP contribution in [-0.4, -0.2) is 18.5 Å². The summed E-state index contributed by atoms with van der Waals surface area (Å²) in [6.07, 6.45) is 1.15. The summed E-state index contributed by atoms with van der Waals surface area (Å²) < 4.78 is 8.22. The van der Waals surface area contributed by atoms with Gasteiger partial charge in [-0.05, 0) is 6.92 Å². The molecule has 3 nitrogen and oxygen atoms in total. The number of aldehydes is 1. The van der Waals surface area contributed by atoms with Crippen molar-refractivity contribution in [1.82, 2.24) is 0 Å². The zero-order valence-corrected chi connectivity index (χ0v) is 4.01. The van der Waals surface area contributed by atoms with Gasteiger partial charge in [0.25, 0.3) is 0 Å². The van der Waals surface area contributed by atoms with Gasteiger partial charge >= 0.3 is 6.29 Å². The highest BCUT2D eigenvalue weighted by Gasteiger charge is 2.43. The van der Waals surface area contributed by atoms with Crippen molar-refractivity contribution in [3.05, 3.63) is 0 Å². The smallest absolute Gasteiger partial charge is 0.351 e. The van der Waals surface area contributed by atoms with Crippen LogP contribution in [0.5, 0.6) is 0 Å². The van der Waals surface area contributed by atoms with E-state index < -0.39 is 0 Å². The standard InChI is InChI=1S/C4H6O3/c1-4(2-6-4)3-7-5/h3H,2H2,1H3. The largest absolute Gasteiger partial charge is 0.463 e. The SMILES string of the molecule is CC1(C=[O+][O-])CO1. The van der Waals surface area contributed by atoms with Crippen molar-refractivity contribution in [3.8, 4) is 0 Å². The van der Waals surface area contributed by atoms with Crippen molar-refractivity contribution in [2.24, 2.45) is 0 Å². The lowest BCUT2D eigenvalue weighted by Crippen LogP contribution is -2.11. The molecule has 1 saturated heterocycles. The summed E-state index contributed by atoms with van der Waals surface area (Å²) in [5.74, 6) is 0. The Morgan fingerprint density at radius 2 is 2.57 bits per heavy atom. The van der Waals surface area contributed by atoms with E-state index in [9.17, 15) is 5.26 Å². The molecule has 1 unspecified atom stereocenters. The second-order valence-electron chi connectivity index (χ2n) is 1.82. The molecule has 0 saturated carbocycles.